The molecule has 0 spiro atoms. The Morgan fingerprint density at radius 3 is 2.82 bits per heavy atom. The van der Waals surface area contributed by atoms with Crippen molar-refractivity contribution in [2.75, 3.05) is 6.61 Å². The van der Waals surface area contributed by atoms with E-state index in [1.807, 2.05) is 0 Å². The predicted molar refractivity (Wildman–Crippen MR) is 80.5 cm³/mol. The molecule has 0 aliphatic heterocycles. The third-order valence-electron chi connectivity index (χ3n) is 3.68. The number of ether oxygens (including phenoxy) is 1. The summed E-state index contributed by atoms with van der Waals surface area (Å²) in [4.78, 5) is 27.9. The van der Waals surface area contributed by atoms with E-state index in [-0.39, 0.29) is 17.9 Å². The monoisotopic (exact) mass is 297 g/mol. The van der Waals surface area contributed by atoms with Crippen LogP contribution in [0.5, 0.6) is 5.75 Å². The van der Waals surface area contributed by atoms with Crippen molar-refractivity contribution in [1.82, 2.24) is 4.98 Å². The Morgan fingerprint density at radius 1 is 1.32 bits per heavy atom. The maximum Gasteiger partial charge on any atom is 0.342 e. The zero-order chi connectivity index (χ0) is 15.7. The number of aromatic nitrogens is 1. The fourth-order valence-corrected chi connectivity index (χ4v) is 2.68. The van der Waals surface area contributed by atoms with Crippen LogP contribution in [0, 0.1) is 0 Å². The van der Waals surface area contributed by atoms with Crippen molar-refractivity contribution in [1.29, 1.82) is 0 Å². The highest BCUT2D eigenvalue weighted by molar-refractivity contribution is 6.30. The molecule has 2 N–H and O–H groups in total. The fourth-order valence-electron chi connectivity index (χ4n) is 2.68. The highest BCUT2D eigenvalue weighted by atomic mass is 16.5. The highest BCUT2D eigenvalue weighted by Gasteiger charge is 2.33. The molecule has 112 valence electrons. The Kier molecular flexibility index (Phi) is 3.55. The number of carbonyl (C=O) groups is 2. The number of aromatic hydroxyl groups is 1. The topological polar surface area (TPSA) is 79.4 Å². The minimum atomic E-state index is -0.633. The molecular weight excluding hydrogens is 282 g/mol. The van der Waals surface area contributed by atoms with Gasteiger partial charge < -0.3 is 14.8 Å². The van der Waals surface area contributed by atoms with Gasteiger partial charge in [-0.2, -0.15) is 0 Å². The van der Waals surface area contributed by atoms with Crippen LogP contribution < -0.4 is 0 Å². The molecule has 5 nitrogen and oxygen atoms in total. The van der Waals surface area contributed by atoms with E-state index in [4.69, 9.17) is 4.74 Å². The predicted octanol–water partition coefficient (Wildman–Crippen LogP) is 2.48. The summed E-state index contributed by atoms with van der Waals surface area (Å²) in [6, 6.07) is 8.31. The van der Waals surface area contributed by atoms with Crippen LogP contribution in [-0.2, 0) is 16.0 Å². The first-order chi connectivity index (χ1) is 10.6. The molecule has 1 aromatic heterocycles. The molecule has 0 saturated carbocycles. The van der Waals surface area contributed by atoms with Gasteiger partial charge in [-0.15, -0.1) is 0 Å². The molecular formula is C17H15NO4. The van der Waals surface area contributed by atoms with Gasteiger partial charge in [0.05, 0.1) is 6.61 Å². The van der Waals surface area contributed by atoms with E-state index >= 15 is 0 Å². The summed E-state index contributed by atoms with van der Waals surface area (Å²) in [6.07, 6.45) is 2.01. The van der Waals surface area contributed by atoms with Crippen molar-refractivity contribution in [2.45, 2.75) is 13.3 Å². The van der Waals surface area contributed by atoms with Gasteiger partial charge in [0, 0.05) is 29.4 Å². The maximum absolute atomic E-state index is 12.7. The molecule has 1 aliphatic rings. The van der Waals surface area contributed by atoms with Crippen LogP contribution in [-0.4, -0.2) is 28.4 Å². The third kappa shape index (κ3) is 2.20. The Bertz CT molecular complexity index is 772. The lowest BCUT2D eigenvalue weighted by Crippen LogP contribution is -2.23. The maximum atomic E-state index is 12.7. The summed E-state index contributed by atoms with van der Waals surface area (Å²) in [7, 11) is 0. The molecule has 0 bridgehead atoms. The average molecular weight is 297 g/mol. The van der Waals surface area contributed by atoms with Crippen molar-refractivity contribution < 1.29 is 19.4 Å². The van der Waals surface area contributed by atoms with Crippen LogP contribution in [0.1, 0.15) is 28.5 Å². The van der Waals surface area contributed by atoms with E-state index in [9.17, 15) is 14.7 Å². The zero-order valence-corrected chi connectivity index (χ0v) is 12.1. The summed E-state index contributed by atoms with van der Waals surface area (Å²) in [5, 5.41) is 10.0. The summed E-state index contributed by atoms with van der Waals surface area (Å²) in [5.74, 6) is -0.996. The lowest BCUT2D eigenvalue weighted by atomic mass is 9.83. The highest BCUT2D eigenvalue weighted by Crippen LogP contribution is 2.36. The van der Waals surface area contributed by atoms with Crippen molar-refractivity contribution >= 4 is 17.3 Å². The number of hydrogen-bond acceptors (Lipinski definition) is 4. The molecule has 0 radical (unpaired) electrons. The minimum absolute atomic E-state index is 0.0300. The first-order valence-corrected chi connectivity index (χ1v) is 7.03. The molecule has 5 heteroatoms. The van der Waals surface area contributed by atoms with Crippen molar-refractivity contribution in [2.24, 2.45) is 0 Å². The number of benzene rings is 1. The summed E-state index contributed by atoms with van der Waals surface area (Å²) in [6.45, 7) is 1.89. The van der Waals surface area contributed by atoms with Gasteiger partial charge in [-0.05, 0) is 30.7 Å². The standard InChI is InChI=1S/C17H15NO4/c1-2-22-17(21)15-12(13-6-4-8-18-13)9-11-10(16(15)20)5-3-7-14(11)19/h3-8,18-19H,2,9H2,1H3. The zero-order valence-electron chi connectivity index (χ0n) is 12.1. The first-order valence-electron chi connectivity index (χ1n) is 7.03. The quantitative estimate of drug-likeness (QED) is 0.674. The lowest BCUT2D eigenvalue weighted by molar-refractivity contribution is -0.138. The Balaban J connectivity index is 2.19. The molecule has 1 aromatic carbocycles. The SMILES string of the molecule is CCOC(=O)C1=C(c2ccc[nH]2)Cc2c(O)cccc2C1=O. The van der Waals surface area contributed by atoms with Crippen LogP contribution in [0.15, 0.2) is 42.1 Å². The van der Waals surface area contributed by atoms with Crippen LogP contribution >= 0.6 is 0 Å². The van der Waals surface area contributed by atoms with Crippen LogP contribution in [0.25, 0.3) is 5.57 Å². The van der Waals surface area contributed by atoms with Crippen molar-refractivity contribution in [3.8, 4) is 5.75 Å². The number of hydrogen-bond donors (Lipinski definition) is 2. The number of esters is 1. The second kappa shape index (κ2) is 5.52. The summed E-state index contributed by atoms with van der Waals surface area (Å²) < 4.78 is 5.03. The second-order valence-corrected chi connectivity index (χ2v) is 4.97. The molecule has 0 amide bonds. The molecule has 0 unspecified atom stereocenters. The number of nitrogens with one attached hydrogen (secondary N) is 1. The number of carbonyl (C=O) groups excluding carboxylic acids is 2. The average Bonchev–Trinajstić information content (AvgIpc) is 3.02. The summed E-state index contributed by atoms with van der Waals surface area (Å²) in [5.41, 5.74) is 2.12. The molecule has 1 aliphatic carbocycles. The Morgan fingerprint density at radius 2 is 2.14 bits per heavy atom. The van der Waals surface area contributed by atoms with E-state index in [1.54, 1.807) is 37.4 Å². The molecule has 1 heterocycles. The number of allylic oxidation sites excluding steroid dienone is 1. The number of H-pyrrole nitrogens is 1. The number of phenols is 1. The van der Waals surface area contributed by atoms with Crippen LogP contribution in [0.3, 0.4) is 0 Å². The number of Topliss-reactive ketones (excluding diaryl/α,β-unsaturated/α-hetero) is 1. The van der Waals surface area contributed by atoms with Crippen molar-refractivity contribution in [3.05, 3.63) is 58.9 Å². The van der Waals surface area contributed by atoms with Crippen molar-refractivity contribution in [3.63, 3.8) is 0 Å². The first kappa shape index (κ1) is 14.1. The van der Waals surface area contributed by atoms with Gasteiger partial charge in [0.15, 0.2) is 0 Å². The largest absolute Gasteiger partial charge is 0.508 e. The Labute approximate surface area is 127 Å². The molecule has 22 heavy (non-hydrogen) atoms. The number of aromatic amines is 1. The number of phenolic OH excluding ortho intramolecular Hbond substituents is 1. The van der Waals surface area contributed by atoms with Crippen LogP contribution in [0.4, 0.5) is 0 Å². The third-order valence-corrected chi connectivity index (χ3v) is 3.68. The van der Waals surface area contributed by atoms with Gasteiger partial charge in [0.2, 0.25) is 5.78 Å². The molecule has 0 fully saturated rings. The molecule has 0 atom stereocenters. The van der Waals surface area contributed by atoms with Gasteiger partial charge in [-0.1, -0.05) is 12.1 Å². The van der Waals surface area contributed by atoms with E-state index in [0.717, 1.165) is 0 Å². The van der Waals surface area contributed by atoms with E-state index in [2.05, 4.69) is 4.98 Å². The number of ketones is 1. The smallest absolute Gasteiger partial charge is 0.342 e. The molecule has 2 aromatic rings. The normalized spacial score (nSPS) is 14.0. The van der Waals surface area contributed by atoms with E-state index in [0.29, 0.717) is 28.8 Å². The Hall–Kier alpha value is -2.82. The van der Waals surface area contributed by atoms with Gasteiger partial charge in [-0.3, -0.25) is 4.79 Å². The van der Waals surface area contributed by atoms with E-state index < -0.39 is 11.8 Å². The second-order valence-electron chi connectivity index (χ2n) is 4.97. The number of rotatable bonds is 3. The molecule has 0 saturated heterocycles. The van der Waals surface area contributed by atoms with Gasteiger partial charge in [-0.25, -0.2) is 4.79 Å². The fraction of sp³-hybridized carbons (Fsp3) is 0.176. The lowest BCUT2D eigenvalue weighted by Gasteiger charge is -2.21. The van der Waals surface area contributed by atoms with Gasteiger partial charge in [0.1, 0.15) is 11.3 Å². The summed E-state index contributed by atoms with van der Waals surface area (Å²) >= 11 is 0. The van der Waals surface area contributed by atoms with Gasteiger partial charge in [0.25, 0.3) is 0 Å². The van der Waals surface area contributed by atoms with E-state index in [1.165, 1.54) is 6.07 Å². The van der Waals surface area contributed by atoms with Crippen LogP contribution in [0.2, 0.25) is 0 Å². The van der Waals surface area contributed by atoms with Gasteiger partial charge >= 0.3 is 5.97 Å². The number of fused-ring (bicyclic) bond motifs is 1. The molecule has 3 rings (SSSR count). The minimum Gasteiger partial charge on any atom is -0.508 e.